The Labute approximate surface area is 78.7 Å². The van der Waals surface area contributed by atoms with E-state index >= 15 is 0 Å². The molecule has 4 N–H and O–H groups in total. The topological polar surface area (TPSA) is 61.3 Å². The third-order valence-corrected chi connectivity index (χ3v) is 2.13. The fraction of sp³-hybridized carbons (Fsp3) is 0.400. The van der Waals surface area contributed by atoms with Crippen molar-refractivity contribution in [3.8, 4) is 5.75 Å². The van der Waals surface area contributed by atoms with Crippen molar-refractivity contribution >= 4 is 0 Å². The molecular formula is C10H16N2O. The molecule has 0 aliphatic carbocycles. The van der Waals surface area contributed by atoms with Crippen LogP contribution in [-0.2, 0) is 0 Å². The van der Waals surface area contributed by atoms with Gasteiger partial charge < -0.3 is 16.2 Å². The molecule has 0 aliphatic rings. The van der Waals surface area contributed by atoms with Crippen LogP contribution in [0.25, 0.3) is 0 Å². The summed E-state index contributed by atoms with van der Waals surface area (Å²) in [5, 5.41) is 0. The van der Waals surface area contributed by atoms with E-state index in [1.807, 2.05) is 25.1 Å². The molecule has 1 aromatic rings. The van der Waals surface area contributed by atoms with Gasteiger partial charge in [0.15, 0.2) is 0 Å². The standard InChI is InChI=1S/C10H16N2O/c1-7-5-8(13-2)3-4-9(7)10(12)6-11/h3-5,10H,6,11-12H2,1-2H3/t10-/m1/s1. The lowest BCUT2D eigenvalue weighted by Gasteiger charge is -2.13. The van der Waals surface area contributed by atoms with Gasteiger partial charge in [-0.3, -0.25) is 0 Å². The summed E-state index contributed by atoms with van der Waals surface area (Å²) in [5.74, 6) is 0.852. The normalized spacial score (nSPS) is 12.6. The number of rotatable bonds is 3. The van der Waals surface area contributed by atoms with E-state index in [4.69, 9.17) is 16.2 Å². The predicted octanol–water partition coefficient (Wildman–Crippen LogP) is 0.962. The average Bonchev–Trinajstić information content (AvgIpc) is 2.16. The Morgan fingerprint density at radius 3 is 2.62 bits per heavy atom. The summed E-state index contributed by atoms with van der Waals surface area (Å²) in [6, 6.07) is 5.75. The first kappa shape index (κ1) is 10.0. The number of ether oxygens (including phenoxy) is 1. The van der Waals surface area contributed by atoms with Crippen molar-refractivity contribution in [3.63, 3.8) is 0 Å². The molecule has 0 bridgehead atoms. The molecule has 1 aromatic carbocycles. The summed E-state index contributed by atoms with van der Waals surface area (Å²) in [6.45, 7) is 2.47. The zero-order valence-electron chi connectivity index (χ0n) is 8.08. The number of hydrogen-bond acceptors (Lipinski definition) is 3. The lowest BCUT2D eigenvalue weighted by molar-refractivity contribution is 0.414. The molecule has 0 saturated carbocycles. The molecule has 0 heterocycles. The molecule has 0 amide bonds. The molecule has 0 spiro atoms. The molecule has 3 nitrogen and oxygen atoms in total. The highest BCUT2D eigenvalue weighted by atomic mass is 16.5. The van der Waals surface area contributed by atoms with Gasteiger partial charge in [-0.1, -0.05) is 6.07 Å². The Balaban J connectivity index is 2.98. The predicted molar refractivity (Wildman–Crippen MR) is 53.7 cm³/mol. The Kier molecular flexibility index (Phi) is 3.28. The highest BCUT2D eigenvalue weighted by molar-refractivity contribution is 5.36. The molecule has 0 radical (unpaired) electrons. The van der Waals surface area contributed by atoms with Gasteiger partial charge in [-0.15, -0.1) is 0 Å². The van der Waals surface area contributed by atoms with E-state index in [1.165, 1.54) is 0 Å². The second kappa shape index (κ2) is 4.25. The summed E-state index contributed by atoms with van der Waals surface area (Å²) in [7, 11) is 1.65. The van der Waals surface area contributed by atoms with Crippen LogP contribution in [0.4, 0.5) is 0 Å². The van der Waals surface area contributed by atoms with E-state index in [2.05, 4.69) is 0 Å². The third kappa shape index (κ3) is 2.20. The van der Waals surface area contributed by atoms with E-state index < -0.39 is 0 Å². The number of methoxy groups -OCH3 is 1. The molecular weight excluding hydrogens is 164 g/mol. The van der Waals surface area contributed by atoms with Crippen molar-refractivity contribution in [2.24, 2.45) is 11.5 Å². The van der Waals surface area contributed by atoms with E-state index in [0.29, 0.717) is 6.54 Å². The van der Waals surface area contributed by atoms with Gasteiger partial charge in [0.1, 0.15) is 5.75 Å². The van der Waals surface area contributed by atoms with Gasteiger partial charge in [-0.2, -0.15) is 0 Å². The van der Waals surface area contributed by atoms with Crippen LogP contribution in [0.5, 0.6) is 5.75 Å². The average molecular weight is 180 g/mol. The van der Waals surface area contributed by atoms with Crippen LogP contribution in [0.1, 0.15) is 17.2 Å². The number of aryl methyl sites for hydroxylation is 1. The molecule has 0 aliphatic heterocycles. The molecule has 0 fully saturated rings. The van der Waals surface area contributed by atoms with Crippen molar-refractivity contribution < 1.29 is 4.74 Å². The third-order valence-electron chi connectivity index (χ3n) is 2.13. The van der Waals surface area contributed by atoms with E-state index in [-0.39, 0.29) is 6.04 Å². The number of benzene rings is 1. The maximum Gasteiger partial charge on any atom is 0.119 e. The monoisotopic (exact) mass is 180 g/mol. The van der Waals surface area contributed by atoms with Crippen molar-refractivity contribution in [3.05, 3.63) is 29.3 Å². The highest BCUT2D eigenvalue weighted by Gasteiger charge is 2.06. The summed E-state index contributed by atoms with van der Waals surface area (Å²) < 4.78 is 5.09. The minimum absolute atomic E-state index is 0.0779. The summed E-state index contributed by atoms with van der Waals surface area (Å²) in [4.78, 5) is 0. The summed E-state index contributed by atoms with van der Waals surface area (Å²) in [5.41, 5.74) is 13.5. The number of hydrogen-bond donors (Lipinski definition) is 2. The van der Waals surface area contributed by atoms with E-state index in [1.54, 1.807) is 7.11 Å². The SMILES string of the molecule is COc1ccc([C@H](N)CN)c(C)c1. The summed E-state index contributed by atoms with van der Waals surface area (Å²) >= 11 is 0. The van der Waals surface area contributed by atoms with Crippen LogP contribution in [0.2, 0.25) is 0 Å². The second-order valence-electron chi connectivity index (χ2n) is 3.06. The minimum atomic E-state index is -0.0779. The molecule has 13 heavy (non-hydrogen) atoms. The molecule has 3 heteroatoms. The van der Waals surface area contributed by atoms with E-state index in [9.17, 15) is 0 Å². The van der Waals surface area contributed by atoms with Gasteiger partial charge in [-0.25, -0.2) is 0 Å². The fourth-order valence-corrected chi connectivity index (χ4v) is 1.32. The lowest BCUT2D eigenvalue weighted by Crippen LogP contribution is -2.21. The largest absolute Gasteiger partial charge is 0.497 e. The highest BCUT2D eigenvalue weighted by Crippen LogP contribution is 2.20. The first-order valence-corrected chi connectivity index (χ1v) is 4.29. The zero-order chi connectivity index (χ0) is 9.84. The molecule has 72 valence electrons. The van der Waals surface area contributed by atoms with Gasteiger partial charge in [-0.05, 0) is 30.2 Å². The van der Waals surface area contributed by atoms with Crippen LogP contribution >= 0.6 is 0 Å². The van der Waals surface area contributed by atoms with Crippen LogP contribution < -0.4 is 16.2 Å². The first-order valence-electron chi connectivity index (χ1n) is 4.29. The minimum Gasteiger partial charge on any atom is -0.497 e. The molecule has 0 unspecified atom stereocenters. The van der Waals surface area contributed by atoms with Gasteiger partial charge in [0.2, 0.25) is 0 Å². The lowest BCUT2D eigenvalue weighted by atomic mass is 10.0. The quantitative estimate of drug-likeness (QED) is 0.728. The Hall–Kier alpha value is -1.06. The van der Waals surface area contributed by atoms with Crippen LogP contribution in [0.15, 0.2) is 18.2 Å². The molecule has 0 saturated heterocycles. The summed E-state index contributed by atoms with van der Waals surface area (Å²) in [6.07, 6.45) is 0. The van der Waals surface area contributed by atoms with Gasteiger partial charge >= 0.3 is 0 Å². The maximum atomic E-state index is 5.82. The van der Waals surface area contributed by atoms with Crippen LogP contribution in [0.3, 0.4) is 0 Å². The fourth-order valence-electron chi connectivity index (χ4n) is 1.32. The van der Waals surface area contributed by atoms with Crippen molar-refractivity contribution in [2.75, 3.05) is 13.7 Å². The zero-order valence-corrected chi connectivity index (χ0v) is 8.08. The number of nitrogens with two attached hydrogens (primary N) is 2. The van der Waals surface area contributed by atoms with E-state index in [0.717, 1.165) is 16.9 Å². The van der Waals surface area contributed by atoms with Crippen LogP contribution in [-0.4, -0.2) is 13.7 Å². The molecule has 0 aromatic heterocycles. The van der Waals surface area contributed by atoms with Gasteiger partial charge in [0.05, 0.1) is 7.11 Å². The first-order chi connectivity index (χ1) is 6.19. The Bertz CT molecular complexity index is 286. The van der Waals surface area contributed by atoms with Crippen molar-refractivity contribution in [2.45, 2.75) is 13.0 Å². The Morgan fingerprint density at radius 2 is 2.15 bits per heavy atom. The van der Waals surface area contributed by atoms with Crippen molar-refractivity contribution in [1.29, 1.82) is 0 Å². The van der Waals surface area contributed by atoms with Crippen molar-refractivity contribution in [1.82, 2.24) is 0 Å². The van der Waals surface area contributed by atoms with Gasteiger partial charge in [0, 0.05) is 12.6 Å². The molecule has 1 rings (SSSR count). The molecule has 1 atom stereocenters. The second-order valence-corrected chi connectivity index (χ2v) is 3.06. The maximum absolute atomic E-state index is 5.82. The Morgan fingerprint density at radius 1 is 1.46 bits per heavy atom. The van der Waals surface area contributed by atoms with Gasteiger partial charge in [0.25, 0.3) is 0 Å². The van der Waals surface area contributed by atoms with Crippen LogP contribution in [0, 0.1) is 6.92 Å². The smallest absolute Gasteiger partial charge is 0.119 e.